The minimum atomic E-state index is -0.165. The molecule has 0 fully saturated rings. The summed E-state index contributed by atoms with van der Waals surface area (Å²) >= 11 is 0. The molecule has 3 aromatic rings. The molecule has 2 N–H and O–H groups in total. The molecule has 3 heterocycles. The van der Waals surface area contributed by atoms with Crippen LogP contribution in [0, 0.1) is 13.8 Å². The van der Waals surface area contributed by atoms with Crippen LogP contribution in [0.1, 0.15) is 33.7 Å². The van der Waals surface area contributed by atoms with Gasteiger partial charge in [0.15, 0.2) is 5.82 Å². The van der Waals surface area contributed by atoms with E-state index in [1.54, 1.807) is 24.8 Å². The van der Waals surface area contributed by atoms with E-state index in [1.165, 1.54) is 5.56 Å². The fourth-order valence-corrected chi connectivity index (χ4v) is 2.61. The molecule has 0 radical (unpaired) electrons. The number of pyridine rings is 1. The molecule has 0 spiro atoms. The van der Waals surface area contributed by atoms with E-state index in [9.17, 15) is 4.79 Å². The lowest BCUT2D eigenvalue weighted by molar-refractivity contribution is 0.0952. The lowest BCUT2D eigenvalue weighted by atomic mass is 10.1. The zero-order valence-electron chi connectivity index (χ0n) is 14.3. The molecule has 0 aliphatic carbocycles. The Kier molecular flexibility index (Phi) is 5.13. The Morgan fingerprint density at radius 1 is 1.16 bits per heavy atom. The molecule has 0 saturated carbocycles. The Morgan fingerprint density at radius 3 is 2.52 bits per heavy atom. The minimum Gasteiger partial charge on any atom is -0.352 e. The fourth-order valence-electron chi connectivity index (χ4n) is 2.61. The molecular weight excluding hydrogens is 316 g/mol. The molecule has 3 aromatic heterocycles. The van der Waals surface area contributed by atoms with Crippen LogP contribution in [-0.4, -0.2) is 37.6 Å². The Balaban J connectivity index is 1.51. The number of aryl methyl sites for hydroxylation is 2. The van der Waals surface area contributed by atoms with Gasteiger partial charge in [0.1, 0.15) is 0 Å². The maximum atomic E-state index is 12.2. The number of carbonyl (C=O) groups excluding carboxylic acids is 1. The smallest absolute Gasteiger partial charge is 0.254 e. The largest absolute Gasteiger partial charge is 0.352 e. The van der Waals surface area contributed by atoms with Crippen molar-refractivity contribution in [2.24, 2.45) is 0 Å². The molecule has 1 amide bonds. The molecular formula is C18H20N6O. The normalized spacial score (nSPS) is 10.6. The van der Waals surface area contributed by atoms with Crippen molar-refractivity contribution in [2.45, 2.75) is 26.7 Å². The number of aromatic amines is 1. The van der Waals surface area contributed by atoms with Gasteiger partial charge in [0.2, 0.25) is 0 Å². The highest BCUT2D eigenvalue weighted by Gasteiger charge is 2.09. The van der Waals surface area contributed by atoms with Gasteiger partial charge in [-0.25, -0.2) is 9.97 Å². The third-order valence-corrected chi connectivity index (χ3v) is 4.02. The second kappa shape index (κ2) is 7.65. The summed E-state index contributed by atoms with van der Waals surface area (Å²) in [6, 6.07) is 3.66. The van der Waals surface area contributed by atoms with Gasteiger partial charge in [-0.1, -0.05) is 0 Å². The number of rotatable bonds is 6. The number of amides is 1. The van der Waals surface area contributed by atoms with Gasteiger partial charge >= 0.3 is 0 Å². The van der Waals surface area contributed by atoms with Crippen molar-refractivity contribution >= 4 is 5.91 Å². The first-order valence-electron chi connectivity index (χ1n) is 8.16. The van der Waals surface area contributed by atoms with Crippen molar-refractivity contribution in [3.63, 3.8) is 0 Å². The molecule has 0 atom stereocenters. The van der Waals surface area contributed by atoms with Crippen LogP contribution in [0.15, 0.2) is 36.9 Å². The summed E-state index contributed by atoms with van der Waals surface area (Å²) in [5.74, 6) is 0.409. The fraction of sp³-hybridized carbons (Fsp3) is 0.278. The SMILES string of the molecule is Cc1n[nH]c(C)c1CCCNC(=O)c1cnc(-c2ccncc2)nc1. The third kappa shape index (κ3) is 4.06. The third-order valence-electron chi connectivity index (χ3n) is 4.02. The molecule has 0 bridgehead atoms. The molecule has 0 saturated heterocycles. The second-order valence-corrected chi connectivity index (χ2v) is 5.80. The number of carbonyl (C=O) groups is 1. The van der Waals surface area contributed by atoms with E-state index >= 15 is 0 Å². The molecule has 7 nitrogen and oxygen atoms in total. The molecule has 3 rings (SSSR count). The zero-order chi connectivity index (χ0) is 17.6. The highest BCUT2D eigenvalue weighted by Crippen LogP contribution is 2.13. The Morgan fingerprint density at radius 2 is 1.88 bits per heavy atom. The number of hydrogen-bond acceptors (Lipinski definition) is 5. The summed E-state index contributed by atoms with van der Waals surface area (Å²) in [6.07, 6.45) is 8.19. The van der Waals surface area contributed by atoms with Crippen molar-refractivity contribution < 1.29 is 4.79 Å². The first-order valence-corrected chi connectivity index (χ1v) is 8.16. The topological polar surface area (TPSA) is 96.5 Å². The minimum absolute atomic E-state index is 0.165. The number of nitrogens with zero attached hydrogens (tertiary/aromatic N) is 4. The van der Waals surface area contributed by atoms with E-state index < -0.39 is 0 Å². The lowest BCUT2D eigenvalue weighted by Crippen LogP contribution is -2.25. The standard InChI is InChI=1S/C18H20N6O/c1-12-16(13(2)24-23-12)4-3-7-20-18(25)15-10-21-17(22-11-15)14-5-8-19-9-6-14/h5-6,8-11H,3-4,7H2,1-2H3,(H,20,25)(H,23,24). The van der Waals surface area contributed by atoms with Crippen LogP contribution in [-0.2, 0) is 6.42 Å². The molecule has 7 heteroatoms. The zero-order valence-corrected chi connectivity index (χ0v) is 14.3. The van der Waals surface area contributed by atoms with E-state index in [0.717, 1.165) is 29.8 Å². The quantitative estimate of drug-likeness (QED) is 0.673. The molecule has 0 unspecified atom stereocenters. The molecule has 128 valence electrons. The first-order chi connectivity index (χ1) is 12.1. The van der Waals surface area contributed by atoms with Crippen LogP contribution in [0.25, 0.3) is 11.4 Å². The molecule has 0 aliphatic rings. The maximum Gasteiger partial charge on any atom is 0.254 e. The van der Waals surface area contributed by atoms with E-state index in [4.69, 9.17) is 0 Å². The van der Waals surface area contributed by atoms with Crippen molar-refractivity contribution in [2.75, 3.05) is 6.54 Å². The van der Waals surface area contributed by atoms with Crippen LogP contribution in [0.4, 0.5) is 0 Å². The second-order valence-electron chi connectivity index (χ2n) is 5.80. The number of H-pyrrole nitrogens is 1. The van der Waals surface area contributed by atoms with E-state index in [0.29, 0.717) is 17.9 Å². The summed E-state index contributed by atoms with van der Waals surface area (Å²) in [6.45, 7) is 4.59. The first kappa shape index (κ1) is 16.8. The van der Waals surface area contributed by atoms with Crippen molar-refractivity contribution in [3.8, 4) is 11.4 Å². The van der Waals surface area contributed by atoms with Gasteiger partial charge in [-0.05, 0) is 44.4 Å². The van der Waals surface area contributed by atoms with Crippen LogP contribution >= 0.6 is 0 Å². The van der Waals surface area contributed by atoms with Gasteiger partial charge in [0.25, 0.3) is 5.91 Å². The average Bonchev–Trinajstić information content (AvgIpc) is 2.97. The summed E-state index contributed by atoms with van der Waals surface area (Å²) in [5.41, 5.74) is 4.65. The van der Waals surface area contributed by atoms with Crippen LogP contribution < -0.4 is 5.32 Å². The monoisotopic (exact) mass is 336 g/mol. The number of aromatic nitrogens is 5. The van der Waals surface area contributed by atoms with Crippen molar-refractivity contribution in [1.29, 1.82) is 0 Å². The summed E-state index contributed by atoms with van der Waals surface area (Å²) in [5, 5.41) is 10.1. The highest BCUT2D eigenvalue weighted by molar-refractivity contribution is 5.93. The Hall–Kier alpha value is -3.09. The van der Waals surface area contributed by atoms with E-state index in [2.05, 4.69) is 30.5 Å². The average molecular weight is 336 g/mol. The molecule has 0 aromatic carbocycles. The predicted molar refractivity (Wildman–Crippen MR) is 94.0 cm³/mol. The van der Waals surface area contributed by atoms with Gasteiger partial charge < -0.3 is 5.32 Å². The van der Waals surface area contributed by atoms with Crippen molar-refractivity contribution in [3.05, 3.63) is 59.4 Å². The van der Waals surface area contributed by atoms with E-state index in [-0.39, 0.29) is 5.91 Å². The van der Waals surface area contributed by atoms with Crippen LogP contribution in [0.3, 0.4) is 0 Å². The van der Waals surface area contributed by atoms with Crippen LogP contribution in [0.2, 0.25) is 0 Å². The van der Waals surface area contributed by atoms with Crippen LogP contribution in [0.5, 0.6) is 0 Å². The van der Waals surface area contributed by atoms with Gasteiger partial charge in [-0.15, -0.1) is 0 Å². The Labute approximate surface area is 146 Å². The summed E-state index contributed by atoms with van der Waals surface area (Å²) < 4.78 is 0. The molecule has 0 aliphatic heterocycles. The molecule has 25 heavy (non-hydrogen) atoms. The Bertz CT molecular complexity index is 822. The maximum absolute atomic E-state index is 12.2. The van der Waals surface area contributed by atoms with E-state index in [1.807, 2.05) is 26.0 Å². The summed E-state index contributed by atoms with van der Waals surface area (Å²) in [4.78, 5) is 24.6. The van der Waals surface area contributed by atoms with Crippen molar-refractivity contribution in [1.82, 2.24) is 30.5 Å². The van der Waals surface area contributed by atoms with Gasteiger partial charge in [0.05, 0.1) is 11.3 Å². The van der Waals surface area contributed by atoms with Gasteiger partial charge in [-0.3, -0.25) is 14.9 Å². The van der Waals surface area contributed by atoms with Gasteiger partial charge in [-0.2, -0.15) is 5.10 Å². The predicted octanol–water partition coefficient (Wildman–Crippen LogP) is 2.24. The number of hydrogen-bond donors (Lipinski definition) is 2. The summed E-state index contributed by atoms with van der Waals surface area (Å²) in [7, 11) is 0. The van der Waals surface area contributed by atoms with Gasteiger partial charge in [0, 0.05) is 42.6 Å². The highest BCUT2D eigenvalue weighted by atomic mass is 16.1. The number of nitrogens with one attached hydrogen (secondary N) is 2. The lowest BCUT2D eigenvalue weighted by Gasteiger charge is -2.06.